The zero-order chi connectivity index (χ0) is 7.82. The molecule has 0 radical (unpaired) electrons. The van der Waals surface area contributed by atoms with Gasteiger partial charge < -0.3 is 10.8 Å². The van der Waals surface area contributed by atoms with Crippen LogP contribution in [0, 0.1) is 11.8 Å². The van der Waals surface area contributed by atoms with Gasteiger partial charge in [0, 0.05) is 6.42 Å². The highest BCUT2D eigenvalue weighted by atomic mass is 16.3. The molecule has 0 aromatic carbocycles. The number of aliphatic hydroxyl groups excluding tert-OH is 1. The second-order valence-corrected chi connectivity index (χ2v) is 2.21. The van der Waals surface area contributed by atoms with E-state index in [9.17, 15) is 0 Å². The summed E-state index contributed by atoms with van der Waals surface area (Å²) in [4.78, 5) is 0. The Kier molecular flexibility index (Phi) is 6.25. The Morgan fingerprint density at radius 1 is 1.60 bits per heavy atom. The summed E-state index contributed by atoms with van der Waals surface area (Å²) in [7, 11) is 0. The summed E-state index contributed by atoms with van der Waals surface area (Å²) in [6.45, 7) is 2.08. The minimum Gasteiger partial charge on any atom is -0.394 e. The highest BCUT2D eigenvalue weighted by Crippen LogP contribution is 1.90. The Hall–Kier alpha value is -0.520. The monoisotopic (exact) mass is 141 g/mol. The normalized spacial score (nSPS) is 11.9. The molecule has 58 valence electrons. The van der Waals surface area contributed by atoms with Crippen molar-refractivity contribution >= 4 is 0 Å². The molecule has 0 aliphatic carbocycles. The van der Waals surface area contributed by atoms with E-state index in [1.807, 2.05) is 0 Å². The fourth-order valence-electron chi connectivity index (χ4n) is 0.514. The third-order valence-corrected chi connectivity index (χ3v) is 1.14. The summed E-state index contributed by atoms with van der Waals surface area (Å²) in [5.74, 6) is 5.65. The molecule has 2 heteroatoms. The third kappa shape index (κ3) is 5.61. The molecule has 3 N–H and O–H groups in total. The van der Waals surface area contributed by atoms with Crippen molar-refractivity contribution < 1.29 is 5.11 Å². The summed E-state index contributed by atoms with van der Waals surface area (Å²) < 4.78 is 0. The van der Waals surface area contributed by atoms with E-state index >= 15 is 0 Å². The van der Waals surface area contributed by atoms with Crippen LogP contribution in [-0.2, 0) is 0 Å². The molecule has 0 heterocycles. The van der Waals surface area contributed by atoms with Crippen LogP contribution < -0.4 is 5.73 Å². The molecule has 0 aromatic rings. The molecule has 0 saturated heterocycles. The van der Waals surface area contributed by atoms with Gasteiger partial charge in [-0.05, 0) is 6.42 Å². The number of aliphatic hydroxyl groups is 1. The lowest BCUT2D eigenvalue weighted by Gasteiger charge is -1.94. The third-order valence-electron chi connectivity index (χ3n) is 1.14. The molecule has 10 heavy (non-hydrogen) atoms. The van der Waals surface area contributed by atoms with E-state index in [1.54, 1.807) is 0 Å². The molecular formula is C8H15NO. The smallest absolute Gasteiger partial charge is 0.0898 e. The maximum Gasteiger partial charge on any atom is 0.0898 e. The van der Waals surface area contributed by atoms with Gasteiger partial charge in [-0.15, -0.1) is 5.92 Å². The van der Waals surface area contributed by atoms with Crippen LogP contribution >= 0.6 is 0 Å². The van der Waals surface area contributed by atoms with Crippen LogP contribution in [0.25, 0.3) is 0 Å². The Morgan fingerprint density at radius 2 is 2.30 bits per heavy atom. The van der Waals surface area contributed by atoms with Crippen LogP contribution in [0.2, 0.25) is 0 Å². The first-order valence-corrected chi connectivity index (χ1v) is 3.66. The maximum atomic E-state index is 8.46. The molecule has 0 spiro atoms. The Balaban J connectivity index is 3.29. The van der Waals surface area contributed by atoms with E-state index in [4.69, 9.17) is 10.8 Å². The van der Waals surface area contributed by atoms with E-state index in [2.05, 4.69) is 18.8 Å². The van der Waals surface area contributed by atoms with Gasteiger partial charge in [0.1, 0.15) is 0 Å². The number of hydrogen-bond donors (Lipinski definition) is 2. The van der Waals surface area contributed by atoms with Crippen molar-refractivity contribution in [1.29, 1.82) is 0 Å². The largest absolute Gasteiger partial charge is 0.394 e. The van der Waals surface area contributed by atoms with Gasteiger partial charge in [0.2, 0.25) is 0 Å². The van der Waals surface area contributed by atoms with Crippen molar-refractivity contribution in [3.8, 4) is 11.8 Å². The Labute approximate surface area is 62.4 Å². The van der Waals surface area contributed by atoms with Crippen molar-refractivity contribution in [2.45, 2.75) is 32.2 Å². The van der Waals surface area contributed by atoms with E-state index in [0.29, 0.717) is 0 Å². The predicted octanol–water partition coefficient (Wildman–Crippen LogP) is 0.500. The Morgan fingerprint density at radius 3 is 2.80 bits per heavy atom. The minimum absolute atomic E-state index is 0.0425. The lowest BCUT2D eigenvalue weighted by molar-refractivity contribution is 0.287. The second-order valence-electron chi connectivity index (χ2n) is 2.21. The number of hydrogen-bond acceptors (Lipinski definition) is 2. The molecule has 0 fully saturated rings. The van der Waals surface area contributed by atoms with Crippen LogP contribution in [0.3, 0.4) is 0 Å². The van der Waals surface area contributed by atoms with Crippen LogP contribution in [-0.4, -0.2) is 17.8 Å². The molecule has 0 rings (SSSR count). The molecule has 2 nitrogen and oxygen atoms in total. The van der Waals surface area contributed by atoms with Crippen LogP contribution in [0.5, 0.6) is 0 Å². The van der Waals surface area contributed by atoms with Gasteiger partial charge in [-0.1, -0.05) is 19.3 Å². The average molecular weight is 141 g/mol. The lowest BCUT2D eigenvalue weighted by Crippen LogP contribution is -2.21. The molecule has 0 bridgehead atoms. The van der Waals surface area contributed by atoms with Crippen molar-refractivity contribution in [2.75, 3.05) is 6.61 Å². The van der Waals surface area contributed by atoms with Gasteiger partial charge in [0.05, 0.1) is 12.6 Å². The SMILES string of the molecule is CCCCC#C[C@@H](N)CO. The van der Waals surface area contributed by atoms with Gasteiger partial charge in [-0.2, -0.15) is 0 Å². The maximum absolute atomic E-state index is 8.46. The van der Waals surface area contributed by atoms with Crippen molar-refractivity contribution in [1.82, 2.24) is 0 Å². The number of nitrogens with two attached hydrogens (primary N) is 1. The molecule has 0 aliphatic rings. The molecule has 0 saturated carbocycles. The first-order chi connectivity index (χ1) is 4.81. The fourth-order valence-corrected chi connectivity index (χ4v) is 0.514. The summed E-state index contributed by atoms with van der Waals surface area (Å²) in [5, 5.41) is 8.46. The van der Waals surface area contributed by atoms with E-state index in [1.165, 1.54) is 0 Å². The van der Waals surface area contributed by atoms with Gasteiger partial charge >= 0.3 is 0 Å². The van der Waals surface area contributed by atoms with Gasteiger partial charge in [0.25, 0.3) is 0 Å². The minimum atomic E-state index is -0.350. The van der Waals surface area contributed by atoms with Crippen LogP contribution in [0.4, 0.5) is 0 Å². The lowest BCUT2D eigenvalue weighted by atomic mass is 10.2. The number of rotatable bonds is 3. The molecular weight excluding hydrogens is 126 g/mol. The van der Waals surface area contributed by atoms with Crippen molar-refractivity contribution in [2.24, 2.45) is 5.73 Å². The zero-order valence-electron chi connectivity index (χ0n) is 6.43. The van der Waals surface area contributed by atoms with Crippen LogP contribution in [0.15, 0.2) is 0 Å². The average Bonchev–Trinajstić information content (AvgIpc) is 1.98. The number of unbranched alkanes of at least 4 members (excludes halogenated alkanes) is 2. The van der Waals surface area contributed by atoms with Gasteiger partial charge in [-0.25, -0.2) is 0 Å². The molecule has 1 atom stereocenters. The quantitative estimate of drug-likeness (QED) is 0.444. The van der Waals surface area contributed by atoms with Crippen molar-refractivity contribution in [3.05, 3.63) is 0 Å². The van der Waals surface area contributed by atoms with Gasteiger partial charge in [-0.3, -0.25) is 0 Å². The predicted molar refractivity (Wildman–Crippen MR) is 42.4 cm³/mol. The van der Waals surface area contributed by atoms with Crippen molar-refractivity contribution in [3.63, 3.8) is 0 Å². The highest BCUT2D eigenvalue weighted by Gasteiger charge is 1.89. The van der Waals surface area contributed by atoms with E-state index < -0.39 is 0 Å². The highest BCUT2D eigenvalue weighted by molar-refractivity contribution is 5.06. The van der Waals surface area contributed by atoms with E-state index in [0.717, 1.165) is 19.3 Å². The molecule has 0 unspecified atom stereocenters. The topological polar surface area (TPSA) is 46.2 Å². The fraction of sp³-hybridized carbons (Fsp3) is 0.750. The molecule has 0 aromatic heterocycles. The van der Waals surface area contributed by atoms with Crippen LogP contribution in [0.1, 0.15) is 26.2 Å². The second kappa shape index (κ2) is 6.60. The summed E-state index contributed by atoms with van der Waals surface area (Å²) in [6.07, 6.45) is 3.17. The zero-order valence-corrected chi connectivity index (χ0v) is 6.43. The first kappa shape index (κ1) is 9.48. The molecule has 0 aliphatic heterocycles. The summed E-state index contributed by atoms with van der Waals surface area (Å²) in [5.41, 5.74) is 5.33. The summed E-state index contributed by atoms with van der Waals surface area (Å²) >= 11 is 0. The molecule has 0 amide bonds. The van der Waals surface area contributed by atoms with E-state index in [-0.39, 0.29) is 12.6 Å². The van der Waals surface area contributed by atoms with Gasteiger partial charge in [0.15, 0.2) is 0 Å². The standard InChI is InChI=1S/C8H15NO/c1-2-3-4-5-6-8(9)7-10/h8,10H,2-4,7,9H2,1H3/t8-/m1/s1. The summed E-state index contributed by atoms with van der Waals surface area (Å²) in [6, 6.07) is -0.350. The first-order valence-electron chi connectivity index (χ1n) is 3.66. The Bertz CT molecular complexity index is 123.